The number of nitrogens with two attached hydrogens (primary N) is 1. The van der Waals surface area contributed by atoms with E-state index >= 15 is 0 Å². The second kappa shape index (κ2) is 14.7. The van der Waals surface area contributed by atoms with E-state index in [-0.39, 0.29) is 24.5 Å². The number of benzene rings is 2. The molecule has 11 heteroatoms. The highest BCUT2D eigenvalue weighted by molar-refractivity contribution is 5.94. The number of aliphatic carboxylic acids is 1. The fourth-order valence-corrected chi connectivity index (χ4v) is 3.72. The number of hydrogen-bond acceptors (Lipinski definition) is 7. The molecular formula is C27H36N4O7. The summed E-state index contributed by atoms with van der Waals surface area (Å²) in [7, 11) is 0. The van der Waals surface area contributed by atoms with Crippen molar-refractivity contribution in [3.8, 4) is 5.75 Å². The Morgan fingerprint density at radius 1 is 0.816 bits per heavy atom. The van der Waals surface area contributed by atoms with Crippen molar-refractivity contribution >= 4 is 23.7 Å². The number of hydrogen-bond donors (Lipinski definition) is 7. The van der Waals surface area contributed by atoms with Gasteiger partial charge in [-0.3, -0.25) is 14.4 Å². The summed E-state index contributed by atoms with van der Waals surface area (Å²) in [5.74, 6) is -3.63. The van der Waals surface area contributed by atoms with Gasteiger partial charge >= 0.3 is 5.97 Å². The Bertz CT molecular complexity index is 1080. The Morgan fingerprint density at radius 2 is 1.39 bits per heavy atom. The fourth-order valence-electron chi connectivity index (χ4n) is 3.72. The van der Waals surface area contributed by atoms with E-state index in [4.69, 9.17) is 5.73 Å². The molecule has 206 valence electrons. The zero-order valence-electron chi connectivity index (χ0n) is 21.5. The minimum atomic E-state index is -1.54. The van der Waals surface area contributed by atoms with Gasteiger partial charge in [-0.2, -0.15) is 0 Å². The van der Waals surface area contributed by atoms with E-state index in [0.29, 0.717) is 12.0 Å². The summed E-state index contributed by atoms with van der Waals surface area (Å²) in [6, 6.07) is 10.4. The lowest BCUT2D eigenvalue weighted by Gasteiger charge is -2.28. The van der Waals surface area contributed by atoms with Crippen molar-refractivity contribution in [2.45, 2.75) is 57.3 Å². The molecule has 8 N–H and O–H groups in total. The van der Waals surface area contributed by atoms with Crippen LogP contribution in [0.25, 0.3) is 0 Å². The van der Waals surface area contributed by atoms with Crippen LogP contribution in [0.5, 0.6) is 5.75 Å². The molecule has 5 unspecified atom stereocenters. The zero-order valence-corrected chi connectivity index (χ0v) is 21.5. The lowest BCUT2D eigenvalue weighted by molar-refractivity contribution is -0.143. The van der Waals surface area contributed by atoms with Crippen LogP contribution in [-0.2, 0) is 32.0 Å². The molecule has 5 atom stereocenters. The maximum Gasteiger partial charge on any atom is 0.328 e. The van der Waals surface area contributed by atoms with Crippen LogP contribution in [-0.4, -0.2) is 69.8 Å². The van der Waals surface area contributed by atoms with Gasteiger partial charge in [-0.1, -0.05) is 62.7 Å². The zero-order chi connectivity index (χ0) is 28.2. The number of aliphatic hydroxyl groups is 1. The van der Waals surface area contributed by atoms with Crippen molar-refractivity contribution in [1.29, 1.82) is 0 Å². The van der Waals surface area contributed by atoms with Gasteiger partial charge < -0.3 is 37.0 Å². The van der Waals surface area contributed by atoms with Crippen molar-refractivity contribution in [3.05, 3.63) is 65.7 Å². The standard InChI is InChI=1S/C27H36N4O7/c1-3-16(2)23(31-24(34)20(28)13-18-9-11-19(33)12-10-18)26(36)29-21(14-17-7-5-4-6-8-17)25(35)30-22(15-32)27(37)38/h4-12,16,20-23,32-33H,3,13-15,28H2,1-2H3,(H,29,36)(H,30,35)(H,31,34)(H,37,38). The SMILES string of the molecule is CCC(C)C(NC(=O)C(N)Cc1ccc(O)cc1)C(=O)NC(Cc1ccccc1)C(=O)NC(CO)C(=O)O. The van der Waals surface area contributed by atoms with Gasteiger partial charge in [-0.25, -0.2) is 4.79 Å². The van der Waals surface area contributed by atoms with Gasteiger partial charge in [0.15, 0.2) is 0 Å². The summed E-state index contributed by atoms with van der Waals surface area (Å²) in [6.45, 7) is 2.80. The van der Waals surface area contributed by atoms with Crippen LogP contribution in [0, 0.1) is 5.92 Å². The molecule has 0 spiro atoms. The molecule has 2 aromatic carbocycles. The highest BCUT2D eigenvalue weighted by atomic mass is 16.4. The number of carbonyl (C=O) groups is 4. The molecule has 11 nitrogen and oxygen atoms in total. The van der Waals surface area contributed by atoms with Gasteiger partial charge in [0.2, 0.25) is 17.7 Å². The molecule has 0 saturated carbocycles. The Hall–Kier alpha value is -3.96. The summed E-state index contributed by atoms with van der Waals surface area (Å²) in [5, 5.41) is 35.5. The highest BCUT2D eigenvalue weighted by Gasteiger charge is 2.32. The van der Waals surface area contributed by atoms with E-state index in [1.807, 2.05) is 6.92 Å². The number of nitrogens with one attached hydrogen (secondary N) is 3. The van der Waals surface area contributed by atoms with Gasteiger partial charge in [-0.15, -0.1) is 0 Å². The van der Waals surface area contributed by atoms with E-state index in [0.717, 1.165) is 5.56 Å². The number of carboxylic acid groups (broad SMARTS) is 1. The minimum Gasteiger partial charge on any atom is -0.508 e. The summed E-state index contributed by atoms with van der Waals surface area (Å²) in [4.78, 5) is 50.5. The number of aliphatic hydroxyl groups excluding tert-OH is 1. The van der Waals surface area contributed by atoms with Crippen molar-refractivity contribution in [2.24, 2.45) is 11.7 Å². The monoisotopic (exact) mass is 528 g/mol. The van der Waals surface area contributed by atoms with Gasteiger partial charge in [0.05, 0.1) is 12.6 Å². The smallest absolute Gasteiger partial charge is 0.328 e. The van der Waals surface area contributed by atoms with E-state index in [2.05, 4.69) is 16.0 Å². The second-order valence-electron chi connectivity index (χ2n) is 9.18. The molecule has 38 heavy (non-hydrogen) atoms. The van der Waals surface area contributed by atoms with Crippen molar-refractivity contribution in [3.63, 3.8) is 0 Å². The van der Waals surface area contributed by atoms with Crippen LogP contribution in [0.3, 0.4) is 0 Å². The number of aromatic hydroxyl groups is 1. The topological polar surface area (TPSA) is 191 Å². The molecule has 0 aliphatic carbocycles. The summed E-state index contributed by atoms with van der Waals surface area (Å²) < 4.78 is 0. The fraction of sp³-hybridized carbons (Fsp3) is 0.407. The molecular weight excluding hydrogens is 492 g/mol. The molecule has 0 bridgehead atoms. The van der Waals surface area contributed by atoms with E-state index in [9.17, 15) is 34.5 Å². The van der Waals surface area contributed by atoms with Crippen molar-refractivity contribution in [2.75, 3.05) is 6.61 Å². The maximum absolute atomic E-state index is 13.4. The van der Waals surface area contributed by atoms with E-state index < -0.39 is 54.5 Å². The number of rotatable bonds is 14. The van der Waals surface area contributed by atoms with Crippen molar-refractivity contribution < 1.29 is 34.5 Å². The summed E-state index contributed by atoms with van der Waals surface area (Å²) in [5.41, 5.74) is 7.52. The Morgan fingerprint density at radius 3 is 1.95 bits per heavy atom. The highest BCUT2D eigenvalue weighted by Crippen LogP contribution is 2.13. The molecule has 0 heterocycles. The molecule has 3 amide bonds. The number of phenols is 1. The van der Waals surface area contributed by atoms with Gasteiger partial charge in [0.25, 0.3) is 0 Å². The Balaban J connectivity index is 2.19. The molecule has 0 saturated heterocycles. The second-order valence-corrected chi connectivity index (χ2v) is 9.18. The third-order valence-electron chi connectivity index (χ3n) is 6.23. The lowest BCUT2D eigenvalue weighted by Crippen LogP contribution is -2.59. The molecule has 0 aliphatic rings. The number of phenolic OH excluding ortho intramolecular Hbond substituents is 1. The Kier molecular flexibility index (Phi) is 11.7. The molecule has 0 radical (unpaired) electrons. The van der Waals surface area contributed by atoms with Crippen LogP contribution < -0.4 is 21.7 Å². The van der Waals surface area contributed by atoms with E-state index in [1.165, 1.54) is 12.1 Å². The molecule has 0 aromatic heterocycles. The van der Waals surface area contributed by atoms with Crippen LogP contribution in [0.15, 0.2) is 54.6 Å². The molecule has 0 aliphatic heterocycles. The van der Waals surface area contributed by atoms with Crippen LogP contribution >= 0.6 is 0 Å². The first-order valence-corrected chi connectivity index (χ1v) is 12.4. The molecule has 0 fully saturated rings. The number of carboxylic acids is 1. The number of carbonyl (C=O) groups excluding carboxylic acids is 3. The first-order valence-electron chi connectivity index (χ1n) is 12.4. The average Bonchev–Trinajstić information content (AvgIpc) is 2.90. The average molecular weight is 529 g/mol. The van der Waals surface area contributed by atoms with Crippen LogP contribution in [0.1, 0.15) is 31.4 Å². The first-order chi connectivity index (χ1) is 18.0. The maximum atomic E-state index is 13.4. The normalized spacial score (nSPS) is 14.8. The van der Waals surface area contributed by atoms with Gasteiger partial charge in [-0.05, 0) is 35.6 Å². The Labute approximate surface area is 221 Å². The third-order valence-corrected chi connectivity index (χ3v) is 6.23. The molecule has 2 aromatic rings. The van der Waals surface area contributed by atoms with Gasteiger partial charge in [0.1, 0.15) is 23.9 Å². The predicted molar refractivity (Wildman–Crippen MR) is 140 cm³/mol. The molecule has 2 rings (SSSR count). The lowest BCUT2D eigenvalue weighted by atomic mass is 9.96. The summed E-state index contributed by atoms with van der Waals surface area (Å²) in [6.07, 6.45) is 0.766. The minimum absolute atomic E-state index is 0.0533. The van der Waals surface area contributed by atoms with Crippen molar-refractivity contribution in [1.82, 2.24) is 16.0 Å². The predicted octanol–water partition coefficient (Wildman–Crippen LogP) is 0.0821. The summed E-state index contributed by atoms with van der Waals surface area (Å²) >= 11 is 0. The third kappa shape index (κ3) is 9.16. The first kappa shape index (κ1) is 30.3. The van der Waals surface area contributed by atoms with Gasteiger partial charge in [0, 0.05) is 6.42 Å². The van der Waals surface area contributed by atoms with Crippen LogP contribution in [0.4, 0.5) is 0 Å². The number of amides is 3. The largest absolute Gasteiger partial charge is 0.508 e. The quantitative estimate of drug-likeness (QED) is 0.179. The van der Waals surface area contributed by atoms with Crippen LogP contribution in [0.2, 0.25) is 0 Å². The van der Waals surface area contributed by atoms with E-state index in [1.54, 1.807) is 49.4 Å².